The molecule has 118 valence electrons. The Labute approximate surface area is 130 Å². The molecule has 0 radical (unpaired) electrons. The standard InChI is InChI=1S/C18H31N3/c1-5-7-17-10-15(12-19-6-2)11-18(20-17)21-9-8-16(13-21)14(3)4/h10-11,14,16,19H,5-9,12-13H2,1-4H3. The quantitative estimate of drug-likeness (QED) is 0.831. The molecule has 2 rings (SSSR count). The second-order valence-electron chi connectivity index (χ2n) is 6.59. The van der Waals surface area contributed by atoms with E-state index in [0.29, 0.717) is 0 Å². The van der Waals surface area contributed by atoms with Gasteiger partial charge in [-0.1, -0.05) is 34.1 Å². The Kier molecular flexibility index (Phi) is 6.04. The molecule has 0 aromatic carbocycles. The van der Waals surface area contributed by atoms with Gasteiger partial charge in [0.05, 0.1) is 0 Å². The molecule has 3 heteroatoms. The van der Waals surface area contributed by atoms with Crippen LogP contribution in [0.2, 0.25) is 0 Å². The summed E-state index contributed by atoms with van der Waals surface area (Å²) in [6.45, 7) is 13.3. The van der Waals surface area contributed by atoms with Crippen LogP contribution >= 0.6 is 0 Å². The summed E-state index contributed by atoms with van der Waals surface area (Å²) in [5.41, 5.74) is 2.62. The molecule has 1 aromatic rings. The van der Waals surface area contributed by atoms with Crippen LogP contribution in [0.5, 0.6) is 0 Å². The SMILES string of the molecule is CCCc1cc(CNCC)cc(N2CCC(C(C)C)C2)n1. The van der Waals surface area contributed by atoms with Crippen LogP contribution in [0.15, 0.2) is 12.1 Å². The van der Waals surface area contributed by atoms with Crippen molar-refractivity contribution in [2.75, 3.05) is 24.5 Å². The van der Waals surface area contributed by atoms with Gasteiger partial charge in [-0.05, 0) is 48.9 Å². The summed E-state index contributed by atoms with van der Waals surface area (Å²) in [6, 6.07) is 4.55. The molecule has 21 heavy (non-hydrogen) atoms. The van der Waals surface area contributed by atoms with Crippen molar-refractivity contribution in [2.24, 2.45) is 11.8 Å². The fraction of sp³-hybridized carbons (Fsp3) is 0.722. The number of aryl methyl sites for hydroxylation is 1. The first-order valence-electron chi connectivity index (χ1n) is 8.59. The summed E-state index contributed by atoms with van der Waals surface area (Å²) in [6.07, 6.45) is 3.54. The van der Waals surface area contributed by atoms with Crippen molar-refractivity contribution in [3.63, 3.8) is 0 Å². The third-order valence-electron chi connectivity index (χ3n) is 4.50. The number of nitrogens with zero attached hydrogens (tertiary/aromatic N) is 2. The molecule has 1 aliphatic rings. The molecule has 0 aliphatic carbocycles. The van der Waals surface area contributed by atoms with Crippen LogP contribution in [-0.2, 0) is 13.0 Å². The Bertz CT molecular complexity index is 442. The number of anilines is 1. The lowest BCUT2D eigenvalue weighted by molar-refractivity contribution is 0.422. The van der Waals surface area contributed by atoms with Crippen LogP contribution in [0, 0.1) is 11.8 Å². The van der Waals surface area contributed by atoms with E-state index in [0.717, 1.165) is 44.3 Å². The van der Waals surface area contributed by atoms with Crippen molar-refractivity contribution < 1.29 is 0 Å². The van der Waals surface area contributed by atoms with Crippen LogP contribution < -0.4 is 10.2 Å². The summed E-state index contributed by atoms with van der Waals surface area (Å²) in [5.74, 6) is 2.78. The lowest BCUT2D eigenvalue weighted by Gasteiger charge is -2.21. The smallest absolute Gasteiger partial charge is 0.129 e. The summed E-state index contributed by atoms with van der Waals surface area (Å²) < 4.78 is 0. The first kappa shape index (κ1) is 16.3. The van der Waals surface area contributed by atoms with Gasteiger partial charge >= 0.3 is 0 Å². The number of nitrogens with one attached hydrogen (secondary N) is 1. The molecule has 1 aromatic heterocycles. The van der Waals surface area contributed by atoms with Crippen LogP contribution in [0.3, 0.4) is 0 Å². The molecule has 0 bridgehead atoms. The number of hydrogen-bond acceptors (Lipinski definition) is 3. The normalized spacial score (nSPS) is 18.7. The molecule has 2 heterocycles. The van der Waals surface area contributed by atoms with Crippen molar-refractivity contribution in [1.29, 1.82) is 0 Å². The highest BCUT2D eigenvalue weighted by molar-refractivity contribution is 5.44. The molecular weight excluding hydrogens is 258 g/mol. The molecule has 1 unspecified atom stereocenters. The van der Waals surface area contributed by atoms with Gasteiger partial charge in [0.15, 0.2) is 0 Å². The monoisotopic (exact) mass is 289 g/mol. The van der Waals surface area contributed by atoms with Crippen LogP contribution in [-0.4, -0.2) is 24.6 Å². The minimum atomic E-state index is 0.773. The molecule has 1 atom stereocenters. The predicted molar refractivity (Wildman–Crippen MR) is 90.8 cm³/mol. The third kappa shape index (κ3) is 4.44. The highest BCUT2D eigenvalue weighted by atomic mass is 15.2. The molecule has 0 saturated carbocycles. The minimum absolute atomic E-state index is 0.773. The number of hydrogen-bond donors (Lipinski definition) is 1. The maximum Gasteiger partial charge on any atom is 0.129 e. The Balaban J connectivity index is 2.15. The number of aromatic nitrogens is 1. The molecule has 0 amide bonds. The van der Waals surface area contributed by atoms with Gasteiger partial charge in [0, 0.05) is 25.3 Å². The van der Waals surface area contributed by atoms with Crippen molar-refractivity contribution in [2.45, 2.75) is 53.5 Å². The van der Waals surface area contributed by atoms with Gasteiger partial charge in [-0.15, -0.1) is 0 Å². The fourth-order valence-electron chi connectivity index (χ4n) is 3.09. The van der Waals surface area contributed by atoms with Gasteiger partial charge < -0.3 is 10.2 Å². The Morgan fingerprint density at radius 3 is 2.76 bits per heavy atom. The van der Waals surface area contributed by atoms with Crippen molar-refractivity contribution in [3.8, 4) is 0 Å². The topological polar surface area (TPSA) is 28.2 Å². The number of rotatable bonds is 7. The molecular formula is C18H31N3. The van der Waals surface area contributed by atoms with Gasteiger partial charge in [0.25, 0.3) is 0 Å². The van der Waals surface area contributed by atoms with Crippen LogP contribution in [0.25, 0.3) is 0 Å². The second kappa shape index (κ2) is 7.79. The summed E-state index contributed by atoms with van der Waals surface area (Å²) >= 11 is 0. The van der Waals surface area contributed by atoms with Gasteiger partial charge in [-0.25, -0.2) is 4.98 Å². The summed E-state index contributed by atoms with van der Waals surface area (Å²) in [5, 5.41) is 3.43. The molecule has 1 saturated heterocycles. The lowest BCUT2D eigenvalue weighted by atomic mass is 9.95. The summed E-state index contributed by atoms with van der Waals surface area (Å²) in [4.78, 5) is 7.39. The van der Waals surface area contributed by atoms with Crippen molar-refractivity contribution in [1.82, 2.24) is 10.3 Å². The molecule has 1 N–H and O–H groups in total. The summed E-state index contributed by atoms with van der Waals surface area (Å²) in [7, 11) is 0. The highest BCUT2D eigenvalue weighted by Gasteiger charge is 2.26. The van der Waals surface area contributed by atoms with E-state index in [1.165, 1.54) is 30.0 Å². The predicted octanol–water partition coefficient (Wildman–Crippen LogP) is 3.63. The maximum atomic E-state index is 4.91. The largest absolute Gasteiger partial charge is 0.356 e. The maximum absolute atomic E-state index is 4.91. The minimum Gasteiger partial charge on any atom is -0.356 e. The van der Waals surface area contributed by atoms with Crippen molar-refractivity contribution >= 4 is 5.82 Å². The average Bonchev–Trinajstić information content (AvgIpc) is 2.95. The Hall–Kier alpha value is -1.09. The van der Waals surface area contributed by atoms with Crippen LogP contribution in [0.1, 0.15) is 51.8 Å². The average molecular weight is 289 g/mol. The Morgan fingerprint density at radius 1 is 1.33 bits per heavy atom. The first-order chi connectivity index (χ1) is 10.1. The van der Waals surface area contributed by atoms with E-state index in [2.05, 4.69) is 50.0 Å². The molecule has 0 spiro atoms. The zero-order valence-corrected chi connectivity index (χ0v) is 14.2. The van der Waals surface area contributed by atoms with E-state index >= 15 is 0 Å². The first-order valence-corrected chi connectivity index (χ1v) is 8.59. The Morgan fingerprint density at radius 2 is 2.14 bits per heavy atom. The van der Waals surface area contributed by atoms with Crippen molar-refractivity contribution in [3.05, 3.63) is 23.4 Å². The lowest BCUT2D eigenvalue weighted by Crippen LogP contribution is -2.23. The molecule has 3 nitrogen and oxygen atoms in total. The van der Waals surface area contributed by atoms with E-state index in [1.807, 2.05) is 0 Å². The van der Waals surface area contributed by atoms with Crippen LogP contribution in [0.4, 0.5) is 5.82 Å². The molecule has 1 aliphatic heterocycles. The van der Waals surface area contributed by atoms with Gasteiger partial charge in [-0.3, -0.25) is 0 Å². The third-order valence-corrected chi connectivity index (χ3v) is 4.50. The second-order valence-corrected chi connectivity index (χ2v) is 6.59. The van der Waals surface area contributed by atoms with Gasteiger partial charge in [-0.2, -0.15) is 0 Å². The van der Waals surface area contributed by atoms with E-state index in [9.17, 15) is 0 Å². The van der Waals surface area contributed by atoms with E-state index < -0.39 is 0 Å². The van der Waals surface area contributed by atoms with E-state index in [-0.39, 0.29) is 0 Å². The number of pyridine rings is 1. The fourth-order valence-corrected chi connectivity index (χ4v) is 3.09. The molecule has 1 fully saturated rings. The van der Waals surface area contributed by atoms with Gasteiger partial charge in [0.2, 0.25) is 0 Å². The highest BCUT2D eigenvalue weighted by Crippen LogP contribution is 2.28. The zero-order chi connectivity index (χ0) is 15.2. The van der Waals surface area contributed by atoms with E-state index in [1.54, 1.807) is 0 Å². The van der Waals surface area contributed by atoms with E-state index in [4.69, 9.17) is 4.98 Å². The van der Waals surface area contributed by atoms with Gasteiger partial charge in [0.1, 0.15) is 5.82 Å². The zero-order valence-electron chi connectivity index (χ0n) is 14.2.